The van der Waals surface area contributed by atoms with E-state index >= 15 is 0 Å². The highest BCUT2D eigenvalue weighted by atomic mass is 35.5. The van der Waals surface area contributed by atoms with Gasteiger partial charge in [-0.3, -0.25) is 9.79 Å². The fourth-order valence-electron chi connectivity index (χ4n) is 2.95. The van der Waals surface area contributed by atoms with Crippen molar-refractivity contribution in [3.05, 3.63) is 27.6 Å². The molecule has 0 atom stereocenters. The second-order valence-electron chi connectivity index (χ2n) is 5.90. The van der Waals surface area contributed by atoms with E-state index in [1.165, 1.54) is 24.6 Å². The van der Waals surface area contributed by atoms with E-state index in [1.807, 2.05) is 13.0 Å². The van der Waals surface area contributed by atoms with Gasteiger partial charge in [0.1, 0.15) is 0 Å². The molecule has 1 aliphatic carbocycles. The van der Waals surface area contributed by atoms with Crippen molar-refractivity contribution in [3.63, 3.8) is 0 Å². The lowest BCUT2D eigenvalue weighted by Gasteiger charge is -2.12. The number of hydrogen-bond donors (Lipinski definition) is 1. The van der Waals surface area contributed by atoms with Gasteiger partial charge < -0.3 is 14.8 Å². The molecule has 0 radical (unpaired) electrons. The Hall–Kier alpha value is -1.66. The zero-order valence-corrected chi connectivity index (χ0v) is 15.9. The van der Waals surface area contributed by atoms with E-state index in [-0.39, 0.29) is 5.91 Å². The number of benzene rings is 1. The summed E-state index contributed by atoms with van der Waals surface area (Å²) in [5.41, 5.74) is 0.782. The number of amidine groups is 1. The fourth-order valence-corrected chi connectivity index (χ4v) is 4.11. The van der Waals surface area contributed by atoms with Crippen LogP contribution in [-0.4, -0.2) is 30.8 Å². The summed E-state index contributed by atoms with van der Waals surface area (Å²) in [6.07, 6.45) is 6.43. The van der Waals surface area contributed by atoms with Gasteiger partial charge in [-0.05, 0) is 55.3 Å². The lowest BCUT2D eigenvalue weighted by Crippen LogP contribution is -2.21. The number of halogens is 1. The lowest BCUT2D eigenvalue weighted by molar-refractivity contribution is -0.115. The molecule has 1 amide bonds. The monoisotopic (exact) mass is 380 g/mol. The number of hydrogen-bond acceptors (Lipinski definition) is 5. The van der Waals surface area contributed by atoms with Crippen molar-refractivity contribution in [2.75, 3.05) is 13.7 Å². The number of ether oxygens (including phenoxy) is 2. The highest BCUT2D eigenvalue weighted by Gasteiger charge is 2.26. The van der Waals surface area contributed by atoms with Crippen LogP contribution in [-0.2, 0) is 4.79 Å². The molecule has 2 fully saturated rings. The molecule has 1 N–H and O–H groups in total. The van der Waals surface area contributed by atoms with Gasteiger partial charge in [0.05, 0.1) is 29.7 Å². The molecular formula is C18H21ClN2O3S. The molecule has 7 heteroatoms. The van der Waals surface area contributed by atoms with E-state index in [9.17, 15) is 4.79 Å². The quantitative estimate of drug-likeness (QED) is 0.776. The van der Waals surface area contributed by atoms with Gasteiger partial charge in [0.25, 0.3) is 5.91 Å². The van der Waals surface area contributed by atoms with E-state index in [0.29, 0.717) is 39.2 Å². The maximum atomic E-state index is 12.2. The van der Waals surface area contributed by atoms with Crippen molar-refractivity contribution in [2.24, 2.45) is 4.99 Å². The number of thioether (sulfide) groups is 1. The molecule has 0 unspecified atom stereocenters. The van der Waals surface area contributed by atoms with Crippen LogP contribution in [0, 0.1) is 0 Å². The first-order valence-electron chi connectivity index (χ1n) is 8.39. The van der Waals surface area contributed by atoms with Gasteiger partial charge in [-0.2, -0.15) is 0 Å². The Morgan fingerprint density at radius 1 is 1.40 bits per heavy atom. The molecule has 0 aromatic heterocycles. The van der Waals surface area contributed by atoms with E-state index in [2.05, 4.69) is 10.3 Å². The minimum absolute atomic E-state index is 0.134. The minimum atomic E-state index is -0.134. The van der Waals surface area contributed by atoms with Crippen molar-refractivity contribution < 1.29 is 14.3 Å². The van der Waals surface area contributed by atoms with E-state index in [4.69, 9.17) is 21.1 Å². The molecule has 0 spiro atoms. The first kappa shape index (κ1) is 18.1. The zero-order chi connectivity index (χ0) is 17.8. The van der Waals surface area contributed by atoms with Crippen molar-refractivity contribution in [2.45, 2.75) is 38.6 Å². The van der Waals surface area contributed by atoms with E-state index in [1.54, 1.807) is 19.3 Å². The maximum absolute atomic E-state index is 12.2. The van der Waals surface area contributed by atoms with Gasteiger partial charge in [0.2, 0.25) is 0 Å². The third kappa shape index (κ3) is 4.30. The van der Waals surface area contributed by atoms with Gasteiger partial charge >= 0.3 is 0 Å². The molecule has 134 valence electrons. The number of rotatable bonds is 5. The van der Waals surface area contributed by atoms with Crippen LogP contribution in [0.5, 0.6) is 11.5 Å². The first-order chi connectivity index (χ1) is 12.1. The molecule has 2 aliphatic rings. The second kappa shape index (κ2) is 8.15. The van der Waals surface area contributed by atoms with Crippen LogP contribution in [0.25, 0.3) is 6.08 Å². The lowest BCUT2D eigenvalue weighted by atomic mass is 10.2. The van der Waals surface area contributed by atoms with E-state index in [0.717, 1.165) is 18.4 Å². The zero-order valence-electron chi connectivity index (χ0n) is 14.3. The number of carbonyl (C=O) groups excluding carboxylic acids is 1. The van der Waals surface area contributed by atoms with Gasteiger partial charge in [-0.15, -0.1) is 0 Å². The summed E-state index contributed by atoms with van der Waals surface area (Å²) in [6.45, 7) is 2.38. The average molecular weight is 381 g/mol. The number of methoxy groups -OCH3 is 1. The highest BCUT2D eigenvalue weighted by molar-refractivity contribution is 8.18. The summed E-state index contributed by atoms with van der Waals surface area (Å²) in [5, 5.41) is 3.98. The molecule has 1 heterocycles. The number of aliphatic imine (C=N–C) groups is 1. The Balaban J connectivity index is 1.82. The largest absolute Gasteiger partial charge is 0.493 e. The molecule has 1 aliphatic heterocycles. The third-order valence-corrected chi connectivity index (χ3v) is 5.32. The van der Waals surface area contributed by atoms with E-state index < -0.39 is 0 Å². The SMILES string of the molecule is CCOc1c(Cl)cc(/C=C2\SC(=NC3CCCC3)NC2=O)cc1OC. The van der Waals surface area contributed by atoms with Crippen LogP contribution in [0.3, 0.4) is 0 Å². The molecule has 0 bridgehead atoms. The van der Waals surface area contributed by atoms with Crippen LogP contribution >= 0.6 is 23.4 Å². The van der Waals surface area contributed by atoms with Gasteiger partial charge in [-0.25, -0.2) is 0 Å². The Kier molecular flexibility index (Phi) is 5.91. The normalized spacial score (nSPS) is 21.2. The third-order valence-electron chi connectivity index (χ3n) is 4.11. The predicted octanol–water partition coefficient (Wildman–Crippen LogP) is 4.25. The number of nitrogens with zero attached hydrogens (tertiary/aromatic N) is 1. The van der Waals surface area contributed by atoms with Crippen molar-refractivity contribution in [3.8, 4) is 11.5 Å². The smallest absolute Gasteiger partial charge is 0.264 e. The molecule has 5 nitrogen and oxygen atoms in total. The summed E-state index contributed by atoms with van der Waals surface area (Å²) in [5.74, 6) is 0.927. The van der Waals surface area contributed by atoms with Gasteiger partial charge in [0.15, 0.2) is 16.7 Å². The van der Waals surface area contributed by atoms with Gasteiger partial charge in [0, 0.05) is 0 Å². The Morgan fingerprint density at radius 3 is 2.84 bits per heavy atom. The summed E-state index contributed by atoms with van der Waals surface area (Å²) in [7, 11) is 1.56. The highest BCUT2D eigenvalue weighted by Crippen LogP contribution is 2.38. The Labute approximate surface area is 156 Å². The van der Waals surface area contributed by atoms with Crippen LogP contribution in [0.1, 0.15) is 38.2 Å². The topological polar surface area (TPSA) is 59.9 Å². The molecule has 25 heavy (non-hydrogen) atoms. The molecule has 3 rings (SSSR count). The number of amides is 1. The fraction of sp³-hybridized carbons (Fsp3) is 0.444. The number of nitrogens with one attached hydrogen (secondary N) is 1. The molecule has 1 aromatic rings. The van der Waals surface area contributed by atoms with Crippen LogP contribution < -0.4 is 14.8 Å². The van der Waals surface area contributed by atoms with Crippen LogP contribution in [0.15, 0.2) is 22.0 Å². The van der Waals surface area contributed by atoms with Crippen molar-refractivity contribution in [1.29, 1.82) is 0 Å². The summed E-state index contributed by atoms with van der Waals surface area (Å²) in [4.78, 5) is 17.4. The Bertz CT molecular complexity index is 727. The van der Waals surface area contributed by atoms with Gasteiger partial charge in [-0.1, -0.05) is 24.4 Å². The average Bonchev–Trinajstić information content (AvgIpc) is 3.20. The standard InChI is InChI=1S/C18H21ClN2O3S/c1-3-24-16-13(19)8-11(9-14(16)23-2)10-15-17(22)21-18(25-15)20-12-6-4-5-7-12/h8-10,12H,3-7H2,1-2H3,(H,20,21,22)/b15-10-. The summed E-state index contributed by atoms with van der Waals surface area (Å²) >= 11 is 7.66. The molecule has 1 saturated heterocycles. The predicted molar refractivity (Wildman–Crippen MR) is 103 cm³/mol. The molecule has 1 saturated carbocycles. The first-order valence-corrected chi connectivity index (χ1v) is 9.59. The molecular weight excluding hydrogens is 360 g/mol. The molecule has 1 aromatic carbocycles. The maximum Gasteiger partial charge on any atom is 0.264 e. The summed E-state index contributed by atoms with van der Waals surface area (Å²) < 4.78 is 10.9. The number of carbonyl (C=O) groups is 1. The van der Waals surface area contributed by atoms with Crippen LogP contribution in [0.2, 0.25) is 5.02 Å². The minimum Gasteiger partial charge on any atom is -0.493 e. The van der Waals surface area contributed by atoms with Crippen molar-refractivity contribution >= 4 is 40.5 Å². The summed E-state index contributed by atoms with van der Waals surface area (Å²) in [6, 6.07) is 3.91. The Morgan fingerprint density at radius 2 is 2.16 bits per heavy atom. The second-order valence-corrected chi connectivity index (χ2v) is 7.34. The van der Waals surface area contributed by atoms with Crippen LogP contribution in [0.4, 0.5) is 0 Å². The van der Waals surface area contributed by atoms with Crippen molar-refractivity contribution in [1.82, 2.24) is 5.32 Å².